The van der Waals surface area contributed by atoms with E-state index in [4.69, 9.17) is 11.6 Å². The number of hydrogen-bond acceptors (Lipinski definition) is 3. The molecule has 0 aliphatic heterocycles. The van der Waals surface area contributed by atoms with Gasteiger partial charge in [0.15, 0.2) is 0 Å². The van der Waals surface area contributed by atoms with E-state index in [0.29, 0.717) is 16.4 Å². The molecular weight excluding hydrogens is 396 g/mol. The van der Waals surface area contributed by atoms with Crippen molar-refractivity contribution >= 4 is 38.9 Å². The highest BCUT2D eigenvalue weighted by molar-refractivity contribution is 7.92. The number of hydrogen-bond donors (Lipinski definition) is 1. The number of carbonyl (C=O) groups excluding carboxylic acids is 1. The second-order valence-electron chi connectivity index (χ2n) is 6.25. The standard InChI is InChI=1S/C21H19ClN2O3S/c1-15-13-17(22)11-12-20(15)23-21(25)16-7-6-10-19(14-16)28(26,27)24(2)18-8-4-3-5-9-18/h3-14H,1-2H3,(H,23,25). The smallest absolute Gasteiger partial charge is 0.264 e. The average Bonchev–Trinajstić information content (AvgIpc) is 2.70. The molecule has 0 aliphatic rings. The Balaban J connectivity index is 1.88. The molecule has 0 aliphatic carbocycles. The van der Waals surface area contributed by atoms with E-state index < -0.39 is 15.9 Å². The summed E-state index contributed by atoms with van der Waals surface area (Å²) < 4.78 is 27.1. The third-order valence-electron chi connectivity index (χ3n) is 4.31. The van der Waals surface area contributed by atoms with E-state index in [2.05, 4.69) is 5.32 Å². The summed E-state index contributed by atoms with van der Waals surface area (Å²) in [7, 11) is -2.32. The van der Waals surface area contributed by atoms with Gasteiger partial charge in [-0.1, -0.05) is 35.9 Å². The van der Waals surface area contributed by atoms with Crippen molar-refractivity contribution in [2.24, 2.45) is 0 Å². The summed E-state index contributed by atoms with van der Waals surface area (Å²) in [6.45, 7) is 1.83. The van der Waals surface area contributed by atoms with E-state index in [9.17, 15) is 13.2 Å². The van der Waals surface area contributed by atoms with Gasteiger partial charge in [0.05, 0.1) is 10.6 Å². The monoisotopic (exact) mass is 414 g/mol. The maximum atomic E-state index is 12.9. The molecule has 28 heavy (non-hydrogen) atoms. The van der Waals surface area contributed by atoms with Crippen LogP contribution in [0.4, 0.5) is 11.4 Å². The van der Waals surface area contributed by atoms with Crippen molar-refractivity contribution in [3.8, 4) is 0 Å². The molecule has 3 aromatic carbocycles. The molecule has 0 spiro atoms. The predicted molar refractivity (Wildman–Crippen MR) is 113 cm³/mol. The molecule has 3 aromatic rings. The lowest BCUT2D eigenvalue weighted by Gasteiger charge is -2.19. The van der Waals surface area contributed by atoms with Crippen LogP contribution in [0.15, 0.2) is 77.7 Å². The first-order valence-corrected chi connectivity index (χ1v) is 10.3. The number of carbonyl (C=O) groups is 1. The second-order valence-corrected chi connectivity index (χ2v) is 8.65. The summed E-state index contributed by atoms with van der Waals surface area (Å²) in [6.07, 6.45) is 0. The summed E-state index contributed by atoms with van der Waals surface area (Å²) in [5, 5.41) is 3.36. The number of amides is 1. The first-order valence-electron chi connectivity index (χ1n) is 8.50. The molecule has 144 valence electrons. The van der Waals surface area contributed by atoms with E-state index in [0.717, 1.165) is 5.56 Å². The van der Waals surface area contributed by atoms with E-state index in [1.54, 1.807) is 54.6 Å². The van der Waals surface area contributed by atoms with Gasteiger partial charge in [0.2, 0.25) is 0 Å². The van der Waals surface area contributed by atoms with Gasteiger partial charge < -0.3 is 5.32 Å². The highest BCUT2D eigenvalue weighted by Gasteiger charge is 2.22. The van der Waals surface area contributed by atoms with Crippen molar-refractivity contribution in [3.05, 3.63) is 88.9 Å². The zero-order valence-electron chi connectivity index (χ0n) is 15.4. The van der Waals surface area contributed by atoms with Crippen molar-refractivity contribution in [2.45, 2.75) is 11.8 Å². The van der Waals surface area contributed by atoms with Crippen molar-refractivity contribution in [1.82, 2.24) is 0 Å². The van der Waals surface area contributed by atoms with Crippen LogP contribution < -0.4 is 9.62 Å². The van der Waals surface area contributed by atoms with E-state index in [1.165, 1.54) is 23.5 Å². The fraction of sp³-hybridized carbons (Fsp3) is 0.0952. The SMILES string of the molecule is Cc1cc(Cl)ccc1NC(=O)c1cccc(S(=O)(=O)N(C)c2ccccc2)c1. The van der Waals surface area contributed by atoms with E-state index >= 15 is 0 Å². The first kappa shape index (κ1) is 19.9. The minimum Gasteiger partial charge on any atom is -0.322 e. The zero-order valence-corrected chi connectivity index (χ0v) is 17.0. The van der Waals surface area contributed by atoms with Gasteiger partial charge >= 0.3 is 0 Å². The van der Waals surface area contributed by atoms with Gasteiger partial charge in [0.25, 0.3) is 15.9 Å². The number of anilines is 2. The van der Waals surface area contributed by atoms with Gasteiger partial charge in [0.1, 0.15) is 0 Å². The molecule has 0 bridgehead atoms. The molecule has 0 saturated carbocycles. The third-order valence-corrected chi connectivity index (χ3v) is 6.33. The van der Waals surface area contributed by atoms with Gasteiger partial charge in [-0.05, 0) is 61.0 Å². The van der Waals surface area contributed by atoms with Gasteiger partial charge in [-0.2, -0.15) is 0 Å². The minimum absolute atomic E-state index is 0.0410. The molecule has 0 heterocycles. The van der Waals surface area contributed by atoms with Crippen LogP contribution in [0.2, 0.25) is 5.02 Å². The number of aryl methyl sites for hydroxylation is 1. The first-order chi connectivity index (χ1) is 13.3. The molecule has 0 atom stereocenters. The number of sulfonamides is 1. The normalized spacial score (nSPS) is 11.1. The van der Waals surface area contributed by atoms with Crippen LogP contribution in [-0.2, 0) is 10.0 Å². The van der Waals surface area contributed by atoms with E-state index in [-0.39, 0.29) is 10.5 Å². The van der Waals surface area contributed by atoms with Crippen molar-refractivity contribution in [2.75, 3.05) is 16.7 Å². The van der Waals surface area contributed by atoms with Crippen LogP contribution in [0, 0.1) is 6.92 Å². The van der Waals surface area contributed by atoms with Crippen molar-refractivity contribution in [1.29, 1.82) is 0 Å². The maximum Gasteiger partial charge on any atom is 0.264 e. The molecule has 3 rings (SSSR count). The lowest BCUT2D eigenvalue weighted by molar-refractivity contribution is 0.102. The molecule has 1 amide bonds. The Morgan fingerprint density at radius 2 is 1.68 bits per heavy atom. The number of para-hydroxylation sites is 1. The van der Waals surface area contributed by atoms with Gasteiger partial charge in [0, 0.05) is 23.3 Å². The molecule has 1 N–H and O–H groups in total. The Kier molecular flexibility index (Phi) is 5.72. The van der Waals surface area contributed by atoms with E-state index in [1.807, 2.05) is 13.0 Å². The Morgan fingerprint density at radius 1 is 0.964 bits per heavy atom. The molecular formula is C21H19ClN2O3S. The van der Waals surface area contributed by atoms with Gasteiger partial charge in [-0.15, -0.1) is 0 Å². The van der Waals surface area contributed by atoms with Crippen LogP contribution >= 0.6 is 11.6 Å². The molecule has 0 unspecified atom stereocenters. The summed E-state index contributed by atoms with van der Waals surface area (Å²) in [6, 6.07) is 19.8. The maximum absolute atomic E-state index is 12.9. The van der Waals surface area contributed by atoms with Crippen LogP contribution in [0.5, 0.6) is 0 Å². The molecule has 0 fully saturated rings. The summed E-state index contributed by atoms with van der Waals surface area (Å²) in [4.78, 5) is 12.7. The largest absolute Gasteiger partial charge is 0.322 e. The van der Waals surface area contributed by atoms with Crippen LogP contribution in [0.25, 0.3) is 0 Å². The van der Waals surface area contributed by atoms with Gasteiger partial charge in [-0.3, -0.25) is 9.10 Å². The number of nitrogens with zero attached hydrogens (tertiary/aromatic N) is 1. The van der Waals surface area contributed by atoms with Crippen LogP contribution in [0.3, 0.4) is 0 Å². The number of benzene rings is 3. The molecule has 5 nitrogen and oxygen atoms in total. The predicted octanol–water partition coefficient (Wildman–Crippen LogP) is 4.73. The highest BCUT2D eigenvalue weighted by atomic mass is 35.5. The molecule has 0 saturated heterocycles. The summed E-state index contributed by atoms with van der Waals surface area (Å²) >= 11 is 5.94. The third kappa shape index (κ3) is 4.18. The number of nitrogens with one attached hydrogen (secondary N) is 1. The average molecular weight is 415 g/mol. The Bertz CT molecular complexity index is 1120. The highest BCUT2D eigenvalue weighted by Crippen LogP contribution is 2.24. The molecule has 0 radical (unpaired) electrons. The van der Waals surface area contributed by atoms with Crippen molar-refractivity contribution < 1.29 is 13.2 Å². The second kappa shape index (κ2) is 8.04. The van der Waals surface area contributed by atoms with Crippen molar-refractivity contribution in [3.63, 3.8) is 0 Å². The topological polar surface area (TPSA) is 66.5 Å². The minimum atomic E-state index is -3.80. The fourth-order valence-electron chi connectivity index (χ4n) is 2.69. The lowest BCUT2D eigenvalue weighted by atomic mass is 10.1. The molecule has 7 heteroatoms. The Labute approximate surface area is 169 Å². The number of halogens is 1. The fourth-order valence-corrected chi connectivity index (χ4v) is 4.16. The summed E-state index contributed by atoms with van der Waals surface area (Å²) in [5.41, 5.74) is 2.21. The Morgan fingerprint density at radius 3 is 2.36 bits per heavy atom. The zero-order chi connectivity index (χ0) is 20.3. The van der Waals surface area contributed by atoms with Crippen LogP contribution in [-0.4, -0.2) is 21.4 Å². The van der Waals surface area contributed by atoms with Crippen LogP contribution in [0.1, 0.15) is 15.9 Å². The summed E-state index contributed by atoms with van der Waals surface area (Å²) in [5.74, 6) is -0.398. The number of rotatable bonds is 5. The quantitative estimate of drug-likeness (QED) is 0.656. The Hall–Kier alpha value is -2.83. The molecule has 0 aromatic heterocycles. The van der Waals surface area contributed by atoms with Gasteiger partial charge in [-0.25, -0.2) is 8.42 Å². The lowest BCUT2D eigenvalue weighted by Crippen LogP contribution is -2.26.